The summed E-state index contributed by atoms with van der Waals surface area (Å²) in [6, 6.07) is 14.9. The Balaban J connectivity index is 1.45. The molecule has 2 aliphatic rings. The molecule has 0 bridgehead atoms. The maximum absolute atomic E-state index is 13.4. The van der Waals surface area contributed by atoms with Gasteiger partial charge in [-0.25, -0.2) is 0 Å². The SMILES string of the molecule is COc1cc(/C=C/C(=O)N(C2CCCCC2)C2CCCCC2)ccc1OCc1ccccc1C. The summed E-state index contributed by atoms with van der Waals surface area (Å²) in [5.74, 6) is 1.55. The van der Waals surface area contributed by atoms with E-state index in [0.717, 1.165) is 36.8 Å². The monoisotopic (exact) mass is 461 g/mol. The third kappa shape index (κ3) is 6.22. The van der Waals surface area contributed by atoms with Crippen LogP contribution in [0.1, 0.15) is 80.9 Å². The molecule has 0 aromatic heterocycles. The van der Waals surface area contributed by atoms with E-state index in [1.807, 2.05) is 36.4 Å². The second kappa shape index (κ2) is 12.1. The molecule has 0 saturated heterocycles. The van der Waals surface area contributed by atoms with Gasteiger partial charge in [0, 0.05) is 18.2 Å². The molecule has 2 aromatic carbocycles. The Kier molecular flexibility index (Phi) is 8.67. The summed E-state index contributed by atoms with van der Waals surface area (Å²) in [4.78, 5) is 15.7. The smallest absolute Gasteiger partial charge is 0.247 e. The lowest BCUT2D eigenvalue weighted by atomic mass is 9.88. The minimum absolute atomic E-state index is 0.164. The van der Waals surface area contributed by atoms with Crippen LogP contribution >= 0.6 is 0 Å². The van der Waals surface area contributed by atoms with Gasteiger partial charge in [-0.1, -0.05) is 68.9 Å². The van der Waals surface area contributed by atoms with Crippen LogP contribution in [-0.4, -0.2) is 30.0 Å². The van der Waals surface area contributed by atoms with Crippen molar-refractivity contribution in [1.82, 2.24) is 4.90 Å². The summed E-state index contributed by atoms with van der Waals surface area (Å²) in [5, 5.41) is 0. The normalized spacial score (nSPS) is 17.6. The molecule has 0 heterocycles. The van der Waals surface area contributed by atoms with Crippen LogP contribution in [0.3, 0.4) is 0 Å². The molecule has 2 aromatic rings. The minimum atomic E-state index is 0.164. The fourth-order valence-corrected chi connectivity index (χ4v) is 5.46. The zero-order chi connectivity index (χ0) is 23.8. The number of hydrogen-bond donors (Lipinski definition) is 0. The predicted molar refractivity (Wildman–Crippen MR) is 138 cm³/mol. The Labute approximate surface area is 205 Å². The van der Waals surface area contributed by atoms with Gasteiger partial charge in [0.1, 0.15) is 6.61 Å². The van der Waals surface area contributed by atoms with Crippen molar-refractivity contribution in [1.29, 1.82) is 0 Å². The number of benzene rings is 2. The van der Waals surface area contributed by atoms with Crippen LogP contribution in [0.15, 0.2) is 48.5 Å². The van der Waals surface area contributed by atoms with Crippen LogP contribution in [0.2, 0.25) is 0 Å². The molecule has 4 nitrogen and oxygen atoms in total. The van der Waals surface area contributed by atoms with E-state index in [1.54, 1.807) is 13.2 Å². The summed E-state index contributed by atoms with van der Waals surface area (Å²) < 4.78 is 11.6. The molecule has 0 aliphatic heterocycles. The first kappa shape index (κ1) is 24.4. The van der Waals surface area contributed by atoms with Gasteiger partial charge in [-0.2, -0.15) is 0 Å². The Morgan fingerprint density at radius 1 is 0.912 bits per heavy atom. The average Bonchev–Trinajstić information content (AvgIpc) is 2.88. The number of ether oxygens (including phenoxy) is 2. The van der Waals surface area contributed by atoms with Gasteiger partial charge in [-0.05, 0) is 67.5 Å². The second-order valence-corrected chi connectivity index (χ2v) is 9.79. The number of carbonyl (C=O) groups is 1. The van der Waals surface area contributed by atoms with Crippen molar-refractivity contribution in [3.05, 3.63) is 65.2 Å². The first-order valence-corrected chi connectivity index (χ1v) is 13.0. The number of carbonyl (C=O) groups excluding carboxylic acids is 1. The molecule has 0 N–H and O–H groups in total. The molecule has 2 saturated carbocycles. The number of rotatable bonds is 8. The molecule has 1 amide bonds. The van der Waals surface area contributed by atoms with Gasteiger partial charge in [-0.3, -0.25) is 4.79 Å². The van der Waals surface area contributed by atoms with Crippen molar-refractivity contribution in [2.45, 2.75) is 89.8 Å². The number of nitrogens with zero attached hydrogens (tertiary/aromatic N) is 1. The number of methoxy groups -OCH3 is 1. The Bertz CT molecular complexity index is 953. The van der Waals surface area contributed by atoms with Crippen LogP contribution in [-0.2, 0) is 11.4 Å². The van der Waals surface area contributed by atoms with Crippen LogP contribution < -0.4 is 9.47 Å². The average molecular weight is 462 g/mol. The molecule has 0 spiro atoms. The lowest BCUT2D eigenvalue weighted by Gasteiger charge is -2.41. The molecule has 2 fully saturated rings. The Hall–Kier alpha value is -2.75. The quantitative estimate of drug-likeness (QED) is 0.394. The van der Waals surface area contributed by atoms with Gasteiger partial charge < -0.3 is 14.4 Å². The van der Waals surface area contributed by atoms with Crippen molar-refractivity contribution in [2.24, 2.45) is 0 Å². The third-order valence-electron chi connectivity index (χ3n) is 7.44. The van der Waals surface area contributed by atoms with Gasteiger partial charge >= 0.3 is 0 Å². The third-order valence-corrected chi connectivity index (χ3v) is 7.44. The highest BCUT2D eigenvalue weighted by molar-refractivity contribution is 5.92. The van der Waals surface area contributed by atoms with E-state index in [9.17, 15) is 4.79 Å². The minimum Gasteiger partial charge on any atom is -0.493 e. The van der Waals surface area contributed by atoms with Crippen LogP contribution in [0.4, 0.5) is 0 Å². The molecule has 182 valence electrons. The molecule has 0 unspecified atom stereocenters. The largest absolute Gasteiger partial charge is 0.493 e. The Morgan fingerprint density at radius 3 is 2.18 bits per heavy atom. The summed E-state index contributed by atoms with van der Waals surface area (Å²) in [5.41, 5.74) is 3.31. The van der Waals surface area contributed by atoms with E-state index in [-0.39, 0.29) is 5.91 Å². The molecular weight excluding hydrogens is 422 g/mol. The van der Waals surface area contributed by atoms with Crippen LogP contribution in [0, 0.1) is 6.92 Å². The molecule has 4 heteroatoms. The van der Waals surface area contributed by atoms with Crippen molar-refractivity contribution in [3.63, 3.8) is 0 Å². The zero-order valence-electron chi connectivity index (χ0n) is 20.8. The fourth-order valence-electron chi connectivity index (χ4n) is 5.46. The fraction of sp³-hybridized carbons (Fsp3) is 0.500. The summed E-state index contributed by atoms with van der Waals surface area (Å²) in [7, 11) is 1.66. The number of aryl methyl sites for hydroxylation is 1. The predicted octanol–water partition coefficient (Wildman–Crippen LogP) is 7.09. The van der Waals surface area contributed by atoms with Gasteiger partial charge in [0.25, 0.3) is 0 Å². The highest BCUT2D eigenvalue weighted by Gasteiger charge is 2.31. The molecule has 34 heavy (non-hydrogen) atoms. The highest BCUT2D eigenvalue weighted by atomic mass is 16.5. The van der Waals surface area contributed by atoms with Crippen LogP contribution in [0.5, 0.6) is 11.5 Å². The first-order valence-electron chi connectivity index (χ1n) is 13.0. The molecule has 4 rings (SSSR count). The van der Waals surface area contributed by atoms with E-state index in [4.69, 9.17) is 9.47 Å². The van der Waals surface area contributed by atoms with Crippen molar-refractivity contribution < 1.29 is 14.3 Å². The first-order chi connectivity index (χ1) is 16.7. The molecule has 2 aliphatic carbocycles. The lowest BCUT2D eigenvalue weighted by molar-refractivity contribution is -0.132. The standard InChI is InChI=1S/C30H39NO3/c1-23-11-9-10-12-25(23)22-34-28-19-17-24(21-29(28)33-2)18-20-30(32)31(26-13-5-3-6-14-26)27-15-7-4-8-16-27/h9-12,17-21,26-27H,3-8,13-16,22H2,1-2H3/b20-18+. The Morgan fingerprint density at radius 2 is 1.56 bits per heavy atom. The van der Waals surface area contributed by atoms with E-state index < -0.39 is 0 Å². The van der Waals surface area contributed by atoms with Gasteiger partial charge in [0.2, 0.25) is 5.91 Å². The maximum atomic E-state index is 13.4. The molecule has 0 atom stereocenters. The van der Waals surface area contributed by atoms with E-state index in [0.29, 0.717) is 30.2 Å². The number of amides is 1. The van der Waals surface area contributed by atoms with Gasteiger partial charge in [0.05, 0.1) is 7.11 Å². The molecular formula is C30H39NO3. The second-order valence-electron chi connectivity index (χ2n) is 9.79. The molecule has 0 radical (unpaired) electrons. The van der Waals surface area contributed by atoms with Gasteiger partial charge in [-0.15, -0.1) is 0 Å². The maximum Gasteiger partial charge on any atom is 0.247 e. The number of hydrogen-bond acceptors (Lipinski definition) is 3. The van der Waals surface area contributed by atoms with E-state index in [1.165, 1.54) is 44.1 Å². The van der Waals surface area contributed by atoms with Crippen LogP contribution in [0.25, 0.3) is 6.08 Å². The van der Waals surface area contributed by atoms with Crippen molar-refractivity contribution >= 4 is 12.0 Å². The van der Waals surface area contributed by atoms with Crippen molar-refractivity contribution in [2.75, 3.05) is 7.11 Å². The van der Waals surface area contributed by atoms with E-state index in [2.05, 4.69) is 24.0 Å². The van der Waals surface area contributed by atoms with Gasteiger partial charge in [0.15, 0.2) is 11.5 Å². The van der Waals surface area contributed by atoms with E-state index >= 15 is 0 Å². The zero-order valence-corrected chi connectivity index (χ0v) is 20.8. The lowest BCUT2D eigenvalue weighted by Crippen LogP contribution is -2.48. The highest BCUT2D eigenvalue weighted by Crippen LogP contribution is 2.32. The topological polar surface area (TPSA) is 38.8 Å². The van der Waals surface area contributed by atoms with Crippen molar-refractivity contribution in [3.8, 4) is 11.5 Å². The summed E-state index contributed by atoms with van der Waals surface area (Å²) >= 11 is 0. The summed E-state index contributed by atoms with van der Waals surface area (Å²) in [6.45, 7) is 2.58. The summed E-state index contributed by atoms with van der Waals surface area (Å²) in [6.07, 6.45) is 15.9.